The van der Waals surface area contributed by atoms with Crippen molar-refractivity contribution in [2.45, 2.75) is 32.2 Å². The third-order valence-electron chi connectivity index (χ3n) is 3.52. The lowest BCUT2D eigenvalue weighted by atomic mass is 10.1. The monoisotopic (exact) mass is 277 g/mol. The van der Waals surface area contributed by atoms with E-state index in [4.69, 9.17) is 9.47 Å². The first-order valence-corrected chi connectivity index (χ1v) is 7.31. The molecule has 0 radical (unpaired) electrons. The number of hydrogen-bond donors (Lipinski definition) is 1. The van der Waals surface area contributed by atoms with Gasteiger partial charge in [0.2, 0.25) is 5.91 Å². The van der Waals surface area contributed by atoms with Crippen molar-refractivity contribution >= 4 is 5.91 Å². The van der Waals surface area contributed by atoms with Gasteiger partial charge in [-0.05, 0) is 31.4 Å². The fourth-order valence-electron chi connectivity index (χ4n) is 2.20. The second-order valence-corrected chi connectivity index (χ2v) is 5.27. The smallest absolute Gasteiger partial charge is 0.223 e. The Balaban J connectivity index is 1.65. The highest BCUT2D eigenvalue weighted by atomic mass is 16.5. The Kier molecular flexibility index (Phi) is 5.87. The molecule has 20 heavy (non-hydrogen) atoms. The van der Waals surface area contributed by atoms with E-state index in [-0.39, 0.29) is 17.9 Å². The summed E-state index contributed by atoms with van der Waals surface area (Å²) in [5.74, 6) is 0.901. The SMILES string of the molecule is C[C@@H](CCOc1ccccc1)C(=O)N[C@H]1CCCOC1. The van der Waals surface area contributed by atoms with Crippen molar-refractivity contribution in [3.8, 4) is 5.75 Å². The molecule has 1 heterocycles. The molecule has 0 aromatic heterocycles. The Morgan fingerprint density at radius 1 is 1.45 bits per heavy atom. The van der Waals surface area contributed by atoms with Crippen LogP contribution in [0.5, 0.6) is 5.75 Å². The van der Waals surface area contributed by atoms with Crippen LogP contribution in [-0.2, 0) is 9.53 Å². The summed E-state index contributed by atoms with van der Waals surface area (Å²) in [6.45, 7) is 3.94. The van der Waals surface area contributed by atoms with Gasteiger partial charge in [-0.3, -0.25) is 4.79 Å². The van der Waals surface area contributed by atoms with Gasteiger partial charge in [0.15, 0.2) is 0 Å². The lowest BCUT2D eigenvalue weighted by Gasteiger charge is -2.24. The van der Waals surface area contributed by atoms with Crippen LogP contribution in [0.15, 0.2) is 30.3 Å². The van der Waals surface area contributed by atoms with Crippen LogP contribution in [0, 0.1) is 5.92 Å². The molecule has 1 N–H and O–H groups in total. The average molecular weight is 277 g/mol. The number of ether oxygens (including phenoxy) is 2. The number of carbonyl (C=O) groups excluding carboxylic acids is 1. The van der Waals surface area contributed by atoms with Crippen LogP contribution in [0.25, 0.3) is 0 Å². The molecule has 1 aliphatic rings. The van der Waals surface area contributed by atoms with E-state index in [9.17, 15) is 4.79 Å². The van der Waals surface area contributed by atoms with E-state index in [0.717, 1.165) is 25.2 Å². The van der Waals surface area contributed by atoms with Crippen LogP contribution in [0.4, 0.5) is 0 Å². The number of amides is 1. The third kappa shape index (κ3) is 4.85. The zero-order valence-electron chi connectivity index (χ0n) is 12.0. The standard InChI is InChI=1S/C16H23NO3/c1-13(9-11-20-15-7-3-2-4-8-15)16(18)17-14-6-5-10-19-12-14/h2-4,7-8,13-14H,5-6,9-12H2,1H3,(H,17,18)/t13-,14-/m0/s1. The Morgan fingerprint density at radius 3 is 2.95 bits per heavy atom. The van der Waals surface area contributed by atoms with Crippen LogP contribution in [0.3, 0.4) is 0 Å². The van der Waals surface area contributed by atoms with Gasteiger partial charge in [-0.15, -0.1) is 0 Å². The van der Waals surface area contributed by atoms with Gasteiger partial charge in [-0.2, -0.15) is 0 Å². The summed E-state index contributed by atoms with van der Waals surface area (Å²) in [6, 6.07) is 9.85. The van der Waals surface area contributed by atoms with E-state index in [1.54, 1.807) is 0 Å². The number of benzene rings is 1. The first-order valence-electron chi connectivity index (χ1n) is 7.31. The van der Waals surface area contributed by atoms with Gasteiger partial charge < -0.3 is 14.8 Å². The van der Waals surface area contributed by atoms with Crippen LogP contribution < -0.4 is 10.1 Å². The molecule has 0 unspecified atom stereocenters. The zero-order valence-corrected chi connectivity index (χ0v) is 12.0. The zero-order chi connectivity index (χ0) is 14.2. The lowest BCUT2D eigenvalue weighted by Crippen LogP contribution is -2.43. The third-order valence-corrected chi connectivity index (χ3v) is 3.52. The van der Waals surface area contributed by atoms with Crippen molar-refractivity contribution in [1.82, 2.24) is 5.32 Å². The Labute approximate surface area is 120 Å². The van der Waals surface area contributed by atoms with E-state index in [2.05, 4.69) is 5.32 Å². The normalized spacial score (nSPS) is 20.1. The minimum atomic E-state index is -0.0411. The molecule has 1 fully saturated rings. The van der Waals surface area contributed by atoms with Gasteiger partial charge in [0.05, 0.1) is 19.3 Å². The van der Waals surface area contributed by atoms with Crippen LogP contribution in [0.1, 0.15) is 26.2 Å². The second-order valence-electron chi connectivity index (χ2n) is 5.27. The lowest BCUT2D eigenvalue weighted by molar-refractivity contribution is -0.126. The molecular weight excluding hydrogens is 254 g/mol. The van der Waals surface area contributed by atoms with E-state index < -0.39 is 0 Å². The highest BCUT2D eigenvalue weighted by Crippen LogP contribution is 2.12. The molecule has 0 saturated carbocycles. The summed E-state index contributed by atoms with van der Waals surface area (Å²) in [7, 11) is 0. The quantitative estimate of drug-likeness (QED) is 0.868. The predicted octanol–water partition coefficient (Wildman–Crippen LogP) is 2.39. The first-order chi connectivity index (χ1) is 9.75. The van der Waals surface area contributed by atoms with Crippen molar-refractivity contribution in [1.29, 1.82) is 0 Å². The van der Waals surface area contributed by atoms with Crippen LogP contribution in [-0.4, -0.2) is 31.8 Å². The Bertz CT molecular complexity index is 401. The van der Waals surface area contributed by atoms with Crippen molar-refractivity contribution in [2.75, 3.05) is 19.8 Å². The average Bonchev–Trinajstić information content (AvgIpc) is 2.49. The second kappa shape index (κ2) is 7.90. The maximum absolute atomic E-state index is 12.0. The largest absolute Gasteiger partial charge is 0.494 e. The highest BCUT2D eigenvalue weighted by molar-refractivity contribution is 5.78. The number of nitrogens with one attached hydrogen (secondary N) is 1. The molecule has 4 nitrogen and oxygen atoms in total. The Hall–Kier alpha value is -1.55. The van der Waals surface area contributed by atoms with E-state index in [1.807, 2.05) is 37.3 Å². The summed E-state index contributed by atoms with van der Waals surface area (Å²) in [5.41, 5.74) is 0. The Morgan fingerprint density at radius 2 is 2.25 bits per heavy atom. The molecule has 1 aromatic carbocycles. The first kappa shape index (κ1) is 14.9. The number of hydrogen-bond acceptors (Lipinski definition) is 3. The van der Waals surface area contributed by atoms with Gasteiger partial charge in [0, 0.05) is 12.5 Å². The topological polar surface area (TPSA) is 47.6 Å². The molecular formula is C16H23NO3. The summed E-state index contributed by atoms with van der Waals surface area (Å²) < 4.78 is 11.0. The summed E-state index contributed by atoms with van der Waals surface area (Å²) in [5, 5.41) is 3.05. The summed E-state index contributed by atoms with van der Waals surface area (Å²) >= 11 is 0. The molecule has 0 spiro atoms. The van der Waals surface area contributed by atoms with Gasteiger partial charge in [-0.1, -0.05) is 25.1 Å². The fraction of sp³-hybridized carbons (Fsp3) is 0.562. The van der Waals surface area contributed by atoms with Crippen molar-refractivity contribution in [3.05, 3.63) is 30.3 Å². The van der Waals surface area contributed by atoms with Crippen LogP contribution in [0.2, 0.25) is 0 Å². The minimum Gasteiger partial charge on any atom is -0.494 e. The summed E-state index contributed by atoms with van der Waals surface area (Å²) in [6.07, 6.45) is 2.75. The van der Waals surface area contributed by atoms with Gasteiger partial charge in [0.25, 0.3) is 0 Å². The molecule has 1 saturated heterocycles. The van der Waals surface area contributed by atoms with Crippen LogP contribution >= 0.6 is 0 Å². The molecule has 1 aromatic rings. The molecule has 2 atom stereocenters. The van der Waals surface area contributed by atoms with Crippen molar-refractivity contribution in [2.24, 2.45) is 5.92 Å². The van der Waals surface area contributed by atoms with E-state index in [1.165, 1.54) is 0 Å². The van der Waals surface area contributed by atoms with Crippen molar-refractivity contribution < 1.29 is 14.3 Å². The number of carbonyl (C=O) groups is 1. The number of para-hydroxylation sites is 1. The fourth-order valence-corrected chi connectivity index (χ4v) is 2.20. The van der Waals surface area contributed by atoms with Gasteiger partial charge >= 0.3 is 0 Å². The molecule has 1 amide bonds. The van der Waals surface area contributed by atoms with Gasteiger partial charge in [-0.25, -0.2) is 0 Å². The molecule has 110 valence electrons. The number of rotatable bonds is 6. The summed E-state index contributed by atoms with van der Waals surface area (Å²) in [4.78, 5) is 12.0. The maximum Gasteiger partial charge on any atom is 0.223 e. The molecule has 4 heteroatoms. The predicted molar refractivity (Wildman–Crippen MR) is 77.7 cm³/mol. The van der Waals surface area contributed by atoms with Crippen molar-refractivity contribution in [3.63, 3.8) is 0 Å². The highest BCUT2D eigenvalue weighted by Gasteiger charge is 2.19. The maximum atomic E-state index is 12.0. The molecule has 0 bridgehead atoms. The minimum absolute atomic E-state index is 0.0411. The molecule has 0 aliphatic carbocycles. The van der Waals surface area contributed by atoms with E-state index in [0.29, 0.717) is 19.6 Å². The van der Waals surface area contributed by atoms with E-state index >= 15 is 0 Å². The molecule has 2 rings (SSSR count). The van der Waals surface area contributed by atoms with Gasteiger partial charge in [0.1, 0.15) is 5.75 Å². The molecule has 1 aliphatic heterocycles.